The van der Waals surface area contributed by atoms with E-state index in [9.17, 15) is 9.59 Å². The molecule has 1 aromatic carbocycles. The summed E-state index contributed by atoms with van der Waals surface area (Å²) in [4.78, 5) is 24.1. The Kier molecular flexibility index (Phi) is 4.36. The van der Waals surface area contributed by atoms with Crippen LogP contribution in [-0.4, -0.2) is 10.5 Å². The zero-order chi connectivity index (χ0) is 14.7. The summed E-state index contributed by atoms with van der Waals surface area (Å²) in [7, 11) is 0. The Bertz CT molecular complexity index is 671. The second-order valence-electron chi connectivity index (χ2n) is 4.66. The summed E-state index contributed by atoms with van der Waals surface area (Å²) in [6, 6.07) is 7.62. The van der Waals surface area contributed by atoms with E-state index in [0.717, 1.165) is 21.7 Å². The summed E-state index contributed by atoms with van der Waals surface area (Å²) in [6.45, 7) is 4.46. The van der Waals surface area contributed by atoms with Crippen LogP contribution in [0, 0.1) is 13.8 Å². The molecular weight excluding hydrogens is 274 g/mol. The maximum atomic E-state index is 11.8. The Morgan fingerprint density at radius 3 is 2.35 bits per heavy atom. The number of nitrogens with one attached hydrogen (secondary N) is 1. The number of thiazole rings is 1. The van der Waals surface area contributed by atoms with E-state index < -0.39 is 0 Å². The molecule has 1 amide bonds. The molecule has 0 fully saturated rings. The molecule has 106 valence electrons. The highest BCUT2D eigenvalue weighted by Gasteiger charge is 2.08. The number of carbonyl (C=O) groups is 1. The molecular formula is C14H17N3O2S. The minimum atomic E-state index is -0.224. The van der Waals surface area contributed by atoms with Gasteiger partial charge >= 0.3 is 4.87 Å². The topological polar surface area (TPSA) is 77.1 Å². The fourth-order valence-corrected chi connectivity index (χ4v) is 2.78. The number of aromatic nitrogens is 1. The van der Waals surface area contributed by atoms with Crippen molar-refractivity contribution < 1.29 is 4.79 Å². The van der Waals surface area contributed by atoms with Crippen molar-refractivity contribution in [2.24, 2.45) is 5.84 Å². The quantitative estimate of drug-likeness (QED) is 0.503. The first-order chi connectivity index (χ1) is 9.51. The zero-order valence-electron chi connectivity index (χ0n) is 11.5. The highest BCUT2D eigenvalue weighted by atomic mass is 32.1. The molecule has 0 saturated heterocycles. The molecule has 0 spiro atoms. The molecule has 20 heavy (non-hydrogen) atoms. The lowest BCUT2D eigenvalue weighted by Gasteiger charge is -2.06. The summed E-state index contributed by atoms with van der Waals surface area (Å²) in [5.41, 5.74) is 5.03. The smallest absolute Gasteiger partial charge is 0.299 e. The van der Waals surface area contributed by atoms with Crippen molar-refractivity contribution in [2.45, 2.75) is 26.8 Å². The molecule has 3 N–H and O–H groups in total. The predicted octanol–water partition coefficient (Wildman–Crippen LogP) is 1.11. The predicted molar refractivity (Wildman–Crippen MR) is 79.6 cm³/mol. The van der Waals surface area contributed by atoms with Crippen LogP contribution >= 0.6 is 11.3 Å². The van der Waals surface area contributed by atoms with Gasteiger partial charge in [-0.25, -0.2) is 5.84 Å². The van der Waals surface area contributed by atoms with Crippen LogP contribution in [0.1, 0.15) is 21.7 Å². The van der Waals surface area contributed by atoms with Gasteiger partial charge in [-0.15, -0.1) is 0 Å². The standard InChI is InChI=1S/C14H17N3O2S/c1-9-10(2)20-14(19)17(9)8-12-5-3-11(4-6-12)7-13(18)16-15/h3-6H,7-8,15H2,1-2H3,(H,16,18). The number of hydrogen-bond donors (Lipinski definition) is 2. The van der Waals surface area contributed by atoms with Crippen molar-refractivity contribution in [3.8, 4) is 0 Å². The van der Waals surface area contributed by atoms with E-state index in [2.05, 4.69) is 5.43 Å². The van der Waals surface area contributed by atoms with E-state index in [4.69, 9.17) is 5.84 Å². The van der Waals surface area contributed by atoms with E-state index in [1.807, 2.05) is 38.1 Å². The van der Waals surface area contributed by atoms with Crippen LogP contribution in [0.15, 0.2) is 29.1 Å². The molecule has 0 aliphatic heterocycles. The lowest BCUT2D eigenvalue weighted by atomic mass is 10.1. The van der Waals surface area contributed by atoms with Crippen molar-refractivity contribution in [3.63, 3.8) is 0 Å². The average Bonchev–Trinajstić information content (AvgIpc) is 2.67. The lowest BCUT2D eigenvalue weighted by Crippen LogP contribution is -2.31. The molecule has 5 nitrogen and oxygen atoms in total. The third kappa shape index (κ3) is 3.15. The minimum Gasteiger partial charge on any atom is -0.299 e. The van der Waals surface area contributed by atoms with Crippen LogP contribution in [-0.2, 0) is 17.8 Å². The minimum absolute atomic E-state index is 0.0617. The zero-order valence-corrected chi connectivity index (χ0v) is 12.3. The van der Waals surface area contributed by atoms with E-state index in [1.165, 1.54) is 11.3 Å². The van der Waals surface area contributed by atoms with Gasteiger partial charge in [-0.3, -0.25) is 19.6 Å². The van der Waals surface area contributed by atoms with Gasteiger partial charge in [0.05, 0.1) is 13.0 Å². The van der Waals surface area contributed by atoms with Crippen LogP contribution in [0.4, 0.5) is 0 Å². The third-order valence-corrected chi connectivity index (χ3v) is 4.26. The number of benzene rings is 1. The number of hydrogen-bond acceptors (Lipinski definition) is 4. The summed E-state index contributed by atoms with van der Waals surface area (Å²) in [5.74, 6) is 4.83. The molecule has 1 aromatic heterocycles. The molecule has 0 radical (unpaired) electrons. The van der Waals surface area contributed by atoms with Crippen molar-refractivity contribution >= 4 is 17.2 Å². The van der Waals surface area contributed by atoms with Gasteiger partial charge in [-0.05, 0) is 25.0 Å². The molecule has 0 atom stereocenters. The Labute approximate surface area is 121 Å². The molecule has 0 bridgehead atoms. The van der Waals surface area contributed by atoms with Crippen LogP contribution < -0.4 is 16.1 Å². The van der Waals surface area contributed by atoms with Gasteiger partial charge in [0.1, 0.15) is 0 Å². The van der Waals surface area contributed by atoms with Gasteiger partial charge in [-0.1, -0.05) is 35.6 Å². The van der Waals surface area contributed by atoms with Crippen molar-refractivity contribution in [1.29, 1.82) is 0 Å². The van der Waals surface area contributed by atoms with Crippen molar-refractivity contribution in [3.05, 3.63) is 55.6 Å². The van der Waals surface area contributed by atoms with Gasteiger partial charge in [0.25, 0.3) is 0 Å². The van der Waals surface area contributed by atoms with Gasteiger partial charge in [-0.2, -0.15) is 0 Å². The monoisotopic (exact) mass is 291 g/mol. The first-order valence-electron chi connectivity index (χ1n) is 6.25. The third-order valence-electron chi connectivity index (χ3n) is 3.26. The molecule has 0 unspecified atom stereocenters. The average molecular weight is 291 g/mol. The Morgan fingerprint density at radius 1 is 1.25 bits per heavy atom. The first kappa shape index (κ1) is 14.5. The molecule has 6 heteroatoms. The summed E-state index contributed by atoms with van der Waals surface area (Å²) in [6.07, 6.45) is 0.257. The maximum Gasteiger partial charge on any atom is 0.307 e. The highest BCUT2D eigenvalue weighted by molar-refractivity contribution is 7.09. The molecule has 0 saturated carbocycles. The number of aryl methyl sites for hydroxylation is 1. The van der Waals surface area contributed by atoms with E-state index in [1.54, 1.807) is 4.57 Å². The Hall–Kier alpha value is -1.92. The Balaban J connectivity index is 2.15. The second-order valence-corrected chi connectivity index (χ2v) is 5.82. The lowest BCUT2D eigenvalue weighted by molar-refractivity contribution is -0.120. The van der Waals surface area contributed by atoms with E-state index >= 15 is 0 Å². The number of nitrogens with two attached hydrogens (primary N) is 1. The fourth-order valence-electron chi connectivity index (χ4n) is 1.95. The van der Waals surface area contributed by atoms with Crippen LogP contribution in [0.2, 0.25) is 0 Å². The van der Waals surface area contributed by atoms with Crippen molar-refractivity contribution in [2.75, 3.05) is 0 Å². The number of nitrogens with zero attached hydrogens (tertiary/aromatic N) is 1. The first-order valence-corrected chi connectivity index (χ1v) is 7.07. The largest absolute Gasteiger partial charge is 0.307 e. The van der Waals surface area contributed by atoms with Crippen LogP contribution in [0.3, 0.4) is 0 Å². The number of hydrazine groups is 1. The van der Waals surface area contributed by atoms with Gasteiger partial charge in [0, 0.05) is 10.6 Å². The maximum absolute atomic E-state index is 11.8. The van der Waals surface area contributed by atoms with Gasteiger partial charge < -0.3 is 0 Å². The number of carbonyl (C=O) groups excluding carboxylic acids is 1. The Morgan fingerprint density at radius 2 is 1.85 bits per heavy atom. The normalized spacial score (nSPS) is 10.6. The van der Waals surface area contributed by atoms with E-state index in [-0.39, 0.29) is 17.2 Å². The molecule has 0 aliphatic rings. The molecule has 2 aromatic rings. The van der Waals surface area contributed by atoms with Gasteiger partial charge in [0.2, 0.25) is 5.91 Å². The summed E-state index contributed by atoms with van der Waals surface area (Å²) < 4.78 is 1.77. The van der Waals surface area contributed by atoms with Crippen LogP contribution in [0.5, 0.6) is 0 Å². The molecule has 2 rings (SSSR count). The summed E-state index contributed by atoms with van der Waals surface area (Å²) >= 11 is 1.27. The summed E-state index contributed by atoms with van der Waals surface area (Å²) in [5, 5.41) is 0. The van der Waals surface area contributed by atoms with Crippen molar-refractivity contribution in [1.82, 2.24) is 9.99 Å². The molecule has 1 heterocycles. The molecule has 0 aliphatic carbocycles. The van der Waals surface area contributed by atoms with Gasteiger partial charge in [0.15, 0.2) is 0 Å². The highest BCUT2D eigenvalue weighted by Crippen LogP contribution is 2.12. The van der Waals surface area contributed by atoms with E-state index in [0.29, 0.717) is 6.54 Å². The second kappa shape index (κ2) is 6.02. The van der Waals surface area contributed by atoms with Crippen LogP contribution in [0.25, 0.3) is 0 Å². The SMILES string of the molecule is Cc1sc(=O)n(Cc2ccc(CC(=O)NN)cc2)c1C. The fraction of sp³-hybridized carbons (Fsp3) is 0.286. The number of rotatable bonds is 4. The number of amides is 1.